The molecule has 2 aromatic heterocycles. The molecule has 1 aliphatic rings. The fraction of sp³-hybridized carbons (Fsp3) is 0.182. The van der Waals surface area contributed by atoms with Crippen LogP contribution in [-0.2, 0) is 20.0 Å². The molecule has 0 unspecified atom stereocenters. The third kappa shape index (κ3) is 2.46. The van der Waals surface area contributed by atoms with Crippen LogP contribution in [0.2, 0.25) is 0 Å². The van der Waals surface area contributed by atoms with Gasteiger partial charge in [0.1, 0.15) is 5.82 Å². The number of aryl methyl sites for hydroxylation is 1. The summed E-state index contributed by atoms with van der Waals surface area (Å²) < 4.78 is 1.83. The Labute approximate surface area is 152 Å². The van der Waals surface area contributed by atoms with Gasteiger partial charge in [0.25, 0.3) is 0 Å². The highest BCUT2D eigenvalue weighted by Gasteiger charge is 2.20. The van der Waals surface area contributed by atoms with Crippen LogP contribution in [0.15, 0.2) is 67.1 Å². The van der Waals surface area contributed by atoms with Gasteiger partial charge in [-0.3, -0.25) is 4.68 Å². The van der Waals surface area contributed by atoms with Gasteiger partial charge in [-0.2, -0.15) is 5.10 Å². The van der Waals surface area contributed by atoms with E-state index < -0.39 is 0 Å². The van der Waals surface area contributed by atoms with Gasteiger partial charge in [0.15, 0.2) is 0 Å². The Morgan fingerprint density at radius 2 is 1.65 bits per heavy atom. The van der Waals surface area contributed by atoms with Crippen LogP contribution in [-0.4, -0.2) is 21.3 Å². The number of hydrogen-bond donors (Lipinski definition) is 0. The third-order valence-electron chi connectivity index (χ3n) is 5.22. The Morgan fingerprint density at radius 1 is 0.885 bits per heavy atom. The minimum absolute atomic E-state index is 0.916. The Bertz CT molecular complexity index is 1100. The smallest absolute Gasteiger partial charge is 0.136 e. The van der Waals surface area contributed by atoms with Gasteiger partial charge >= 0.3 is 0 Å². The first-order chi connectivity index (χ1) is 12.8. The Kier molecular flexibility index (Phi) is 3.49. The van der Waals surface area contributed by atoms with Gasteiger partial charge in [0.05, 0.1) is 6.20 Å². The van der Waals surface area contributed by atoms with Crippen molar-refractivity contribution >= 4 is 16.6 Å². The van der Waals surface area contributed by atoms with Crippen LogP contribution in [0.25, 0.3) is 21.9 Å². The minimum Gasteiger partial charge on any atom is -0.351 e. The first-order valence-electron chi connectivity index (χ1n) is 8.98. The molecule has 4 nitrogen and oxygen atoms in total. The monoisotopic (exact) mass is 340 g/mol. The van der Waals surface area contributed by atoms with E-state index >= 15 is 0 Å². The van der Waals surface area contributed by atoms with Gasteiger partial charge in [0, 0.05) is 49.0 Å². The summed E-state index contributed by atoms with van der Waals surface area (Å²) in [6.45, 7) is 1.92. The van der Waals surface area contributed by atoms with Crippen LogP contribution >= 0.6 is 0 Å². The normalized spacial score (nSPS) is 13.8. The topological polar surface area (TPSA) is 34.0 Å². The molecule has 4 heteroatoms. The number of aromatic nitrogens is 3. The molecule has 0 N–H and O–H groups in total. The number of nitrogens with zero attached hydrogens (tertiary/aromatic N) is 4. The van der Waals surface area contributed by atoms with E-state index in [0.29, 0.717) is 0 Å². The summed E-state index contributed by atoms with van der Waals surface area (Å²) >= 11 is 0. The summed E-state index contributed by atoms with van der Waals surface area (Å²) in [5.74, 6) is 1.07. The van der Waals surface area contributed by atoms with Crippen molar-refractivity contribution in [3.8, 4) is 11.1 Å². The van der Waals surface area contributed by atoms with E-state index in [1.807, 2.05) is 30.3 Å². The summed E-state index contributed by atoms with van der Waals surface area (Å²) in [4.78, 5) is 7.28. The third-order valence-corrected chi connectivity index (χ3v) is 5.22. The van der Waals surface area contributed by atoms with Gasteiger partial charge in [-0.1, -0.05) is 48.5 Å². The van der Waals surface area contributed by atoms with E-state index in [1.54, 1.807) is 0 Å². The minimum atomic E-state index is 0.916. The van der Waals surface area contributed by atoms with E-state index in [0.717, 1.165) is 36.5 Å². The maximum atomic E-state index is 4.88. The zero-order chi connectivity index (χ0) is 17.5. The van der Waals surface area contributed by atoms with Crippen LogP contribution in [0, 0.1) is 0 Å². The molecule has 4 aromatic rings. The lowest BCUT2D eigenvalue weighted by Crippen LogP contribution is -2.31. The van der Waals surface area contributed by atoms with E-state index in [-0.39, 0.29) is 0 Å². The summed E-state index contributed by atoms with van der Waals surface area (Å²) in [6.07, 6.45) is 7.01. The number of rotatable bonds is 2. The van der Waals surface area contributed by atoms with Gasteiger partial charge in [-0.25, -0.2) is 4.98 Å². The first kappa shape index (κ1) is 15.1. The molecule has 0 fully saturated rings. The lowest BCUT2D eigenvalue weighted by atomic mass is 9.98. The highest BCUT2D eigenvalue weighted by Crippen LogP contribution is 2.34. The van der Waals surface area contributed by atoms with Crippen molar-refractivity contribution in [2.75, 3.05) is 11.4 Å². The van der Waals surface area contributed by atoms with Crippen molar-refractivity contribution in [2.24, 2.45) is 7.05 Å². The average molecular weight is 340 g/mol. The largest absolute Gasteiger partial charge is 0.351 e. The molecule has 1 aliphatic heterocycles. The molecule has 0 saturated carbocycles. The van der Waals surface area contributed by atoms with Crippen molar-refractivity contribution in [1.29, 1.82) is 0 Å². The highest BCUT2D eigenvalue weighted by atomic mass is 15.2. The van der Waals surface area contributed by atoms with Crippen molar-refractivity contribution in [3.05, 3.63) is 78.2 Å². The van der Waals surface area contributed by atoms with Crippen LogP contribution < -0.4 is 4.90 Å². The molecule has 0 bridgehead atoms. The molecule has 0 amide bonds. The molecule has 5 rings (SSSR count). The quantitative estimate of drug-likeness (QED) is 0.548. The first-order valence-corrected chi connectivity index (χ1v) is 8.98. The van der Waals surface area contributed by atoms with E-state index in [1.165, 1.54) is 21.9 Å². The fourth-order valence-corrected chi connectivity index (χ4v) is 3.90. The zero-order valence-electron chi connectivity index (χ0n) is 14.8. The summed E-state index contributed by atoms with van der Waals surface area (Å²) in [5, 5.41) is 6.74. The van der Waals surface area contributed by atoms with Crippen molar-refractivity contribution < 1.29 is 0 Å². The van der Waals surface area contributed by atoms with Gasteiger partial charge in [-0.15, -0.1) is 0 Å². The SMILES string of the molecule is Cn1cc(-c2cnc(N3CCc4ccccc4C3)c3ccccc23)cn1. The molecule has 26 heavy (non-hydrogen) atoms. The average Bonchev–Trinajstić information content (AvgIpc) is 3.13. The summed E-state index contributed by atoms with van der Waals surface area (Å²) in [7, 11) is 1.94. The Balaban J connectivity index is 1.62. The molecule has 0 radical (unpaired) electrons. The number of pyridine rings is 1. The van der Waals surface area contributed by atoms with Crippen LogP contribution in [0.4, 0.5) is 5.82 Å². The van der Waals surface area contributed by atoms with Crippen LogP contribution in [0.3, 0.4) is 0 Å². The molecule has 3 heterocycles. The van der Waals surface area contributed by atoms with E-state index in [9.17, 15) is 0 Å². The maximum Gasteiger partial charge on any atom is 0.136 e. The second-order valence-corrected chi connectivity index (χ2v) is 6.88. The Morgan fingerprint density at radius 3 is 2.46 bits per heavy atom. The molecule has 0 saturated heterocycles. The predicted molar refractivity (Wildman–Crippen MR) is 105 cm³/mol. The zero-order valence-corrected chi connectivity index (χ0v) is 14.8. The van der Waals surface area contributed by atoms with E-state index in [2.05, 4.69) is 58.5 Å². The van der Waals surface area contributed by atoms with Crippen LogP contribution in [0.5, 0.6) is 0 Å². The second-order valence-electron chi connectivity index (χ2n) is 6.88. The number of benzene rings is 2. The number of anilines is 1. The molecule has 0 aliphatic carbocycles. The maximum absolute atomic E-state index is 4.88. The summed E-state index contributed by atoms with van der Waals surface area (Å²) in [6, 6.07) is 17.3. The van der Waals surface area contributed by atoms with Gasteiger partial charge in [-0.05, 0) is 22.9 Å². The molecule has 0 spiro atoms. The molecular weight excluding hydrogens is 320 g/mol. The molecular formula is C22H20N4. The molecule has 128 valence electrons. The van der Waals surface area contributed by atoms with Crippen molar-refractivity contribution in [2.45, 2.75) is 13.0 Å². The number of fused-ring (bicyclic) bond motifs is 2. The fourth-order valence-electron chi connectivity index (χ4n) is 3.90. The highest BCUT2D eigenvalue weighted by molar-refractivity contribution is 6.01. The van der Waals surface area contributed by atoms with Crippen LogP contribution in [0.1, 0.15) is 11.1 Å². The number of hydrogen-bond acceptors (Lipinski definition) is 3. The van der Waals surface area contributed by atoms with Gasteiger partial charge in [0.2, 0.25) is 0 Å². The van der Waals surface area contributed by atoms with Crippen molar-refractivity contribution in [1.82, 2.24) is 14.8 Å². The standard InChI is InChI=1S/C22H20N4/c1-25-14-18(12-24-25)21-13-23-22(20-9-5-4-8-19(20)21)26-11-10-16-6-2-3-7-17(16)15-26/h2-9,12-14H,10-11,15H2,1H3. The predicted octanol–water partition coefficient (Wildman–Crippen LogP) is 4.20. The molecule has 2 aromatic carbocycles. The van der Waals surface area contributed by atoms with Crippen molar-refractivity contribution in [3.63, 3.8) is 0 Å². The molecule has 0 atom stereocenters. The lowest BCUT2D eigenvalue weighted by Gasteiger charge is -2.30. The van der Waals surface area contributed by atoms with E-state index in [4.69, 9.17) is 4.98 Å². The summed E-state index contributed by atoms with van der Waals surface area (Å²) in [5.41, 5.74) is 5.10. The van der Waals surface area contributed by atoms with Gasteiger partial charge < -0.3 is 4.90 Å². The lowest BCUT2D eigenvalue weighted by molar-refractivity contribution is 0.724. The second kappa shape index (κ2) is 5.99. The Hall–Kier alpha value is -3.14.